The Hall–Kier alpha value is -0.870. The minimum Gasteiger partial charge on any atom is -0.361 e. The molecule has 2 aliphatic rings. The zero-order chi connectivity index (χ0) is 13.4. The van der Waals surface area contributed by atoms with Crippen LogP contribution in [0, 0.1) is 19.8 Å². The van der Waals surface area contributed by atoms with Crippen LogP contribution in [0.3, 0.4) is 0 Å². The van der Waals surface area contributed by atoms with Gasteiger partial charge in [-0.25, -0.2) is 0 Å². The molecule has 0 aromatic carbocycles. The molecule has 19 heavy (non-hydrogen) atoms. The Bertz CT molecular complexity index is 419. The topological polar surface area (TPSA) is 41.3 Å². The van der Waals surface area contributed by atoms with E-state index in [2.05, 4.69) is 22.3 Å². The van der Waals surface area contributed by atoms with E-state index in [1.165, 1.54) is 31.4 Å². The summed E-state index contributed by atoms with van der Waals surface area (Å²) < 4.78 is 5.30. The van der Waals surface area contributed by atoms with E-state index in [9.17, 15) is 0 Å². The van der Waals surface area contributed by atoms with Crippen molar-refractivity contribution in [3.8, 4) is 0 Å². The average molecular weight is 263 g/mol. The predicted octanol–water partition coefficient (Wildman–Crippen LogP) is 2.25. The minimum atomic E-state index is 0.642. The molecule has 0 spiro atoms. The molecule has 0 bridgehead atoms. The predicted molar refractivity (Wildman–Crippen MR) is 75.0 cm³/mol. The number of aromatic nitrogens is 1. The van der Waals surface area contributed by atoms with Gasteiger partial charge in [-0.1, -0.05) is 12.1 Å². The zero-order valence-electron chi connectivity index (χ0n) is 12.3. The third-order valence-corrected chi connectivity index (χ3v) is 4.77. The fraction of sp³-hybridized carbons (Fsp3) is 0.800. The number of aryl methyl sites for hydroxylation is 2. The highest BCUT2D eigenvalue weighted by molar-refractivity contribution is 5.21. The van der Waals surface area contributed by atoms with Crippen molar-refractivity contribution >= 4 is 0 Å². The van der Waals surface area contributed by atoms with Crippen molar-refractivity contribution in [2.45, 2.75) is 58.7 Å². The van der Waals surface area contributed by atoms with Crippen molar-refractivity contribution in [3.05, 3.63) is 17.0 Å². The Morgan fingerprint density at radius 3 is 2.74 bits per heavy atom. The molecule has 2 fully saturated rings. The lowest BCUT2D eigenvalue weighted by atomic mass is 10.0. The highest BCUT2D eigenvalue weighted by Gasteiger charge is 2.37. The van der Waals surface area contributed by atoms with E-state index in [0.29, 0.717) is 12.1 Å². The second-order valence-electron chi connectivity index (χ2n) is 6.15. The second-order valence-corrected chi connectivity index (χ2v) is 6.15. The van der Waals surface area contributed by atoms with E-state index >= 15 is 0 Å². The van der Waals surface area contributed by atoms with Gasteiger partial charge in [-0.3, -0.25) is 4.90 Å². The number of piperazine rings is 1. The van der Waals surface area contributed by atoms with Crippen molar-refractivity contribution in [2.75, 3.05) is 13.1 Å². The standard InChI is InChI=1S/C15H25N3O/c1-4-13-7-16-15(12-5-6-12)9-18(13)8-14-10(2)17-19-11(14)3/h12-13,15-16H,4-9H2,1-3H3. The summed E-state index contributed by atoms with van der Waals surface area (Å²) in [5, 5.41) is 7.82. The Balaban J connectivity index is 1.72. The molecule has 4 heteroatoms. The van der Waals surface area contributed by atoms with Gasteiger partial charge in [-0.2, -0.15) is 0 Å². The third-order valence-electron chi connectivity index (χ3n) is 4.77. The van der Waals surface area contributed by atoms with E-state index in [1.807, 2.05) is 13.8 Å². The Labute approximate surface area is 115 Å². The Morgan fingerprint density at radius 1 is 1.37 bits per heavy atom. The summed E-state index contributed by atoms with van der Waals surface area (Å²) in [5.41, 5.74) is 2.34. The third kappa shape index (κ3) is 2.70. The molecule has 1 aliphatic carbocycles. The van der Waals surface area contributed by atoms with Gasteiger partial charge < -0.3 is 9.84 Å². The van der Waals surface area contributed by atoms with Gasteiger partial charge in [0.2, 0.25) is 0 Å². The highest BCUT2D eigenvalue weighted by Crippen LogP contribution is 2.35. The zero-order valence-corrected chi connectivity index (χ0v) is 12.3. The van der Waals surface area contributed by atoms with Crippen molar-refractivity contribution < 1.29 is 4.52 Å². The first-order valence-electron chi connectivity index (χ1n) is 7.58. The molecule has 1 saturated heterocycles. The summed E-state index contributed by atoms with van der Waals surface area (Å²) in [7, 11) is 0. The quantitative estimate of drug-likeness (QED) is 0.904. The van der Waals surface area contributed by atoms with Crippen molar-refractivity contribution in [1.29, 1.82) is 0 Å². The van der Waals surface area contributed by atoms with Gasteiger partial charge in [0.15, 0.2) is 0 Å². The molecule has 4 nitrogen and oxygen atoms in total. The van der Waals surface area contributed by atoms with Crippen molar-refractivity contribution in [2.24, 2.45) is 5.92 Å². The van der Waals surface area contributed by atoms with E-state index in [4.69, 9.17) is 4.52 Å². The molecular formula is C15H25N3O. The van der Waals surface area contributed by atoms with E-state index < -0.39 is 0 Å². The van der Waals surface area contributed by atoms with Crippen LogP contribution in [0.5, 0.6) is 0 Å². The second kappa shape index (κ2) is 5.25. The number of nitrogens with one attached hydrogen (secondary N) is 1. The lowest BCUT2D eigenvalue weighted by Crippen LogP contribution is -2.56. The van der Waals surface area contributed by atoms with Crippen LogP contribution < -0.4 is 5.32 Å². The molecule has 106 valence electrons. The lowest BCUT2D eigenvalue weighted by molar-refractivity contribution is 0.111. The molecular weight excluding hydrogens is 238 g/mol. The van der Waals surface area contributed by atoms with Gasteiger partial charge in [0.05, 0.1) is 5.69 Å². The van der Waals surface area contributed by atoms with Gasteiger partial charge in [-0.15, -0.1) is 0 Å². The first-order chi connectivity index (χ1) is 9.19. The summed E-state index contributed by atoms with van der Waals surface area (Å²) in [5.74, 6) is 1.90. The lowest BCUT2D eigenvalue weighted by Gasteiger charge is -2.40. The van der Waals surface area contributed by atoms with E-state index in [0.717, 1.165) is 30.5 Å². The van der Waals surface area contributed by atoms with Gasteiger partial charge in [0, 0.05) is 37.3 Å². The highest BCUT2D eigenvalue weighted by atomic mass is 16.5. The monoisotopic (exact) mass is 263 g/mol. The maximum Gasteiger partial charge on any atom is 0.138 e. The number of rotatable bonds is 4. The Morgan fingerprint density at radius 2 is 2.16 bits per heavy atom. The van der Waals surface area contributed by atoms with Crippen LogP contribution in [0.15, 0.2) is 4.52 Å². The average Bonchev–Trinajstić information content (AvgIpc) is 3.21. The molecule has 3 rings (SSSR count). The largest absolute Gasteiger partial charge is 0.361 e. The normalized spacial score (nSPS) is 28.8. The molecule has 2 atom stereocenters. The molecule has 0 amide bonds. The fourth-order valence-electron chi connectivity index (χ4n) is 3.22. The van der Waals surface area contributed by atoms with Gasteiger partial charge in [0.1, 0.15) is 5.76 Å². The van der Waals surface area contributed by atoms with Crippen molar-refractivity contribution in [3.63, 3.8) is 0 Å². The smallest absolute Gasteiger partial charge is 0.138 e. The van der Waals surface area contributed by atoms with Crippen LogP contribution in [0.25, 0.3) is 0 Å². The van der Waals surface area contributed by atoms with Crippen LogP contribution in [0.2, 0.25) is 0 Å². The molecule has 1 aromatic heterocycles. The van der Waals surface area contributed by atoms with Gasteiger partial charge in [-0.05, 0) is 39.0 Å². The summed E-state index contributed by atoms with van der Waals surface area (Å²) in [6.45, 7) is 9.65. The maximum absolute atomic E-state index is 5.30. The molecule has 1 saturated carbocycles. The molecule has 2 unspecified atom stereocenters. The summed E-state index contributed by atoms with van der Waals surface area (Å²) in [4.78, 5) is 2.63. The van der Waals surface area contributed by atoms with Crippen LogP contribution in [0.1, 0.15) is 43.2 Å². The van der Waals surface area contributed by atoms with E-state index in [-0.39, 0.29) is 0 Å². The summed E-state index contributed by atoms with van der Waals surface area (Å²) >= 11 is 0. The summed E-state index contributed by atoms with van der Waals surface area (Å²) in [6.07, 6.45) is 4.02. The first-order valence-corrected chi connectivity index (χ1v) is 7.58. The van der Waals surface area contributed by atoms with Crippen molar-refractivity contribution in [1.82, 2.24) is 15.4 Å². The maximum atomic E-state index is 5.30. The van der Waals surface area contributed by atoms with Gasteiger partial charge in [0.25, 0.3) is 0 Å². The molecule has 1 aliphatic heterocycles. The number of hydrogen-bond acceptors (Lipinski definition) is 4. The fourth-order valence-corrected chi connectivity index (χ4v) is 3.22. The summed E-state index contributed by atoms with van der Waals surface area (Å²) in [6, 6.07) is 1.34. The van der Waals surface area contributed by atoms with Crippen LogP contribution >= 0.6 is 0 Å². The molecule has 2 heterocycles. The van der Waals surface area contributed by atoms with Crippen LogP contribution in [0.4, 0.5) is 0 Å². The molecule has 1 N–H and O–H groups in total. The molecule has 0 radical (unpaired) electrons. The SMILES string of the molecule is CCC1CNC(C2CC2)CN1Cc1c(C)noc1C. The first kappa shape index (κ1) is 13.1. The van der Waals surface area contributed by atoms with E-state index in [1.54, 1.807) is 0 Å². The number of nitrogens with zero attached hydrogens (tertiary/aromatic N) is 2. The molecule has 1 aromatic rings. The van der Waals surface area contributed by atoms with Crippen LogP contribution in [-0.2, 0) is 6.54 Å². The minimum absolute atomic E-state index is 0.642. The number of hydrogen-bond donors (Lipinski definition) is 1. The van der Waals surface area contributed by atoms with Crippen LogP contribution in [-0.4, -0.2) is 35.2 Å². The van der Waals surface area contributed by atoms with Gasteiger partial charge >= 0.3 is 0 Å². The Kier molecular flexibility index (Phi) is 3.63.